The van der Waals surface area contributed by atoms with Crippen molar-refractivity contribution in [1.29, 1.82) is 5.26 Å². The van der Waals surface area contributed by atoms with Gasteiger partial charge < -0.3 is 25.4 Å². The highest BCUT2D eigenvalue weighted by molar-refractivity contribution is 7.16. The zero-order valence-electron chi connectivity index (χ0n) is 29.1. The van der Waals surface area contributed by atoms with Crippen LogP contribution < -0.4 is 10.6 Å². The van der Waals surface area contributed by atoms with Gasteiger partial charge in [0.2, 0.25) is 0 Å². The smallest absolute Gasteiger partial charge is 0.186 e. The summed E-state index contributed by atoms with van der Waals surface area (Å²) >= 11 is 1.52. The predicted octanol–water partition coefficient (Wildman–Crippen LogP) is 3.83. The van der Waals surface area contributed by atoms with Crippen molar-refractivity contribution < 1.29 is 14.7 Å². The molecule has 4 atom stereocenters. The third-order valence-electron chi connectivity index (χ3n) is 11.7. The number of rotatable bonds is 6. The van der Waals surface area contributed by atoms with Gasteiger partial charge in [-0.05, 0) is 96.6 Å². The Morgan fingerprint density at radius 2 is 1.94 bits per heavy atom. The fourth-order valence-corrected chi connectivity index (χ4v) is 10.6. The lowest BCUT2D eigenvalue weighted by atomic mass is 9.63. The van der Waals surface area contributed by atoms with Gasteiger partial charge in [-0.15, -0.1) is 11.3 Å². The number of piperidine rings is 1. The molecule has 2 saturated heterocycles. The normalized spacial score (nSPS) is 26.3. The Morgan fingerprint density at radius 3 is 2.66 bits per heavy atom. The molecule has 258 valence electrons. The van der Waals surface area contributed by atoms with E-state index >= 15 is 0 Å². The first-order chi connectivity index (χ1) is 23.9. The number of nitrogens with two attached hydrogens (primary N) is 1. The summed E-state index contributed by atoms with van der Waals surface area (Å²) in [7, 11) is 12.1. The van der Waals surface area contributed by atoms with Crippen molar-refractivity contribution in [3.05, 3.63) is 33.0 Å². The van der Waals surface area contributed by atoms with E-state index in [2.05, 4.69) is 24.8 Å². The van der Waals surface area contributed by atoms with Crippen LogP contribution in [0.15, 0.2) is 4.52 Å². The van der Waals surface area contributed by atoms with Gasteiger partial charge >= 0.3 is 0 Å². The van der Waals surface area contributed by atoms with E-state index in [4.69, 9.17) is 46.2 Å². The van der Waals surface area contributed by atoms with Crippen molar-refractivity contribution in [3.63, 3.8) is 0 Å². The fourth-order valence-electron chi connectivity index (χ4n) is 9.47. The highest BCUT2D eigenvalue weighted by atomic mass is 32.1. The summed E-state index contributed by atoms with van der Waals surface area (Å²) in [6.45, 7) is 7.73. The Bertz CT molecular complexity index is 2010. The van der Waals surface area contributed by atoms with Gasteiger partial charge in [-0.2, -0.15) is 10.4 Å². The van der Waals surface area contributed by atoms with Gasteiger partial charge in [0.15, 0.2) is 22.9 Å². The summed E-state index contributed by atoms with van der Waals surface area (Å²) in [5, 5.41) is 43.3. The number of nitrogen functional groups attached to an aromatic ring is 1. The lowest BCUT2D eigenvalue weighted by Gasteiger charge is -2.39. The lowest BCUT2D eigenvalue weighted by Crippen LogP contribution is -2.54. The first-order valence-corrected chi connectivity index (χ1v) is 18.8. The van der Waals surface area contributed by atoms with E-state index < -0.39 is 16.5 Å². The minimum Gasteiger partial charge on any atom is -0.395 e. The number of hydrogen-bond acceptors (Lipinski definition) is 12. The first-order valence-electron chi connectivity index (χ1n) is 18.0. The highest BCUT2D eigenvalue weighted by Gasteiger charge is 2.49. The number of nitriles is 1. The number of aromatic nitrogens is 5. The molecule has 0 bridgehead atoms. The molecule has 4 aliphatic rings. The van der Waals surface area contributed by atoms with Crippen LogP contribution >= 0.6 is 11.3 Å². The molecule has 12 nitrogen and oxygen atoms in total. The number of fused-ring (bicyclic) bond motifs is 5. The molecule has 0 aromatic carbocycles. The van der Waals surface area contributed by atoms with Crippen molar-refractivity contribution in [2.75, 3.05) is 30.3 Å². The molecule has 50 heavy (non-hydrogen) atoms. The summed E-state index contributed by atoms with van der Waals surface area (Å²) < 4.78 is 8.29. The molecule has 8 rings (SSSR count). The van der Waals surface area contributed by atoms with E-state index in [0.717, 1.165) is 98.1 Å². The van der Waals surface area contributed by atoms with Gasteiger partial charge in [0.25, 0.3) is 0 Å². The van der Waals surface area contributed by atoms with E-state index in [1.165, 1.54) is 16.2 Å². The number of aliphatic hydroxyl groups is 2. The van der Waals surface area contributed by atoms with Crippen LogP contribution in [-0.2, 0) is 24.7 Å². The zero-order chi connectivity index (χ0) is 35.2. The summed E-state index contributed by atoms with van der Waals surface area (Å²) in [4.78, 5) is 15.6. The highest BCUT2D eigenvalue weighted by Crippen LogP contribution is 2.55. The monoisotopic (exact) mass is 691 g/mol. The topological polar surface area (TPSA) is 166 Å². The summed E-state index contributed by atoms with van der Waals surface area (Å²) in [6, 6.07) is 2.00. The molecular weight excluding hydrogens is 648 g/mol. The largest absolute Gasteiger partial charge is 0.395 e. The number of β-amino-alcohol motifs (C(OH)–C–C–N with tert-alkyl or cyclic N) is 1. The van der Waals surface area contributed by atoms with Gasteiger partial charge in [0.1, 0.15) is 32.6 Å². The molecular formula is C35H43B2N9O3S. The Hall–Kier alpha value is -3.44. The molecule has 2 aliphatic carbocycles. The number of hydrogen-bond donors (Lipinski definition) is 3. The van der Waals surface area contributed by atoms with Gasteiger partial charge in [0.05, 0.1) is 33.7 Å². The molecule has 4 aromatic rings. The Labute approximate surface area is 298 Å². The maximum Gasteiger partial charge on any atom is 0.186 e. The standard InChI is InChI=1S/C35H43B2N9O3S/c1-4-22-25-31(44-15-8-12-33(3,47)18-44)40-30(41-32(25)46(42-22)19(2)23-10-7-16-45(23)35(36,37)48)27-20-9-5-13-34(28(20)49-43-27)14-6-11-24-26(34)21(17-38)29(39)50-24/h19,23,47-48H,4-16,18,39H2,1-3H3. The first kappa shape index (κ1) is 33.7. The lowest BCUT2D eigenvalue weighted by molar-refractivity contribution is 0.00771. The Kier molecular flexibility index (Phi) is 8.14. The van der Waals surface area contributed by atoms with Crippen LogP contribution in [0.4, 0.5) is 10.8 Å². The van der Waals surface area contributed by atoms with Crippen molar-refractivity contribution in [1.82, 2.24) is 29.8 Å². The van der Waals surface area contributed by atoms with Crippen LogP contribution in [0.2, 0.25) is 0 Å². The van der Waals surface area contributed by atoms with Gasteiger partial charge in [-0.3, -0.25) is 4.90 Å². The molecule has 4 aromatic heterocycles. The molecule has 0 amide bonds. The molecule has 4 N–H and O–H groups in total. The molecule has 2 aliphatic heterocycles. The fraction of sp³-hybridized carbons (Fsp3) is 0.629. The Balaban J connectivity index is 1.32. The van der Waals surface area contributed by atoms with Crippen LogP contribution in [-0.4, -0.2) is 92.5 Å². The molecule has 1 spiro atoms. The summed E-state index contributed by atoms with van der Waals surface area (Å²) in [6.07, 6.45) is 9.06. The number of likely N-dealkylation sites (tertiary alicyclic amines) is 1. The predicted molar refractivity (Wildman–Crippen MR) is 193 cm³/mol. The molecule has 2 fully saturated rings. The quantitative estimate of drug-likeness (QED) is 0.252. The van der Waals surface area contributed by atoms with Crippen LogP contribution in [0.1, 0.15) is 111 Å². The molecule has 0 saturated carbocycles. The molecule has 6 heterocycles. The second-order valence-corrected chi connectivity index (χ2v) is 16.3. The molecule has 4 radical (unpaired) electrons. The van der Waals surface area contributed by atoms with E-state index in [0.29, 0.717) is 53.7 Å². The van der Waals surface area contributed by atoms with Gasteiger partial charge in [0, 0.05) is 35.1 Å². The maximum atomic E-state index is 11.2. The zero-order valence-corrected chi connectivity index (χ0v) is 29.9. The summed E-state index contributed by atoms with van der Waals surface area (Å²) in [5.41, 5.74) is 7.77. The van der Waals surface area contributed by atoms with Crippen LogP contribution in [0, 0.1) is 11.3 Å². The van der Waals surface area contributed by atoms with E-state index in [1.54, 1.807) is 4.90 Å². The molecule has 4 unspecified atom stereocenters. The minimum absolute atomic E-state index is 0.173. The second-order valence-electron chi connectivity index (χ2n) is 15.1. The van der Waals surface area contributed by atoms with Gasteiger partial charge in [-0.1, -0.05) is 12.1 Å². The van der Waals surface area contributed by atoms with Crippen LogP contribution in [0.3, 0.4) is 0 Å². The third-order valence-corrected chi connectivity index (χ3v) is 12.8. The number of thiophene rings is 1. The minimum atomic E-state index is -1.95. The van der Waals surface area contributed by atoms with Crippen LogP contribution in [0.5, 0.6) is 0 Å². The van der Waals surface area contributed by atoms with E-state index in [1.807, 2.05) is 11.6 Å². The van der Waals surface area contributed by atoms with Crippen molar-refractivity contribution in [3.8, 4) is 17.6 Å². The third kappa shape index (κ3) is 5.20. The SMILES string of the molecule is [B]C([B])(O)N1CCCC1C(C)n1nc(CC)c2c(N3CCCC(C)(O)C3)nc(-c3noc4c3CCCC43CCCc4sc(N)c(C#N)c43)nc21. The van der Waals surface area contributed by atoms with Crippen molar-refractivity contribution in [2.24, 2.45) is 0 Å². The van der Waals surface area contributed by atoms with Crippen molar-refractivity contribution in [2.45, 2.75) is 120 Å². The number of aryl methyl sites for hydroxylation is 2. The van der Waals surface area contributed by atoms with Crippen molar-refractivity contribution >= 4 is 48.9 Å². The summed E-state index contributed by atoms with van der Waals surface area (Å²) in [5.74, 6) is 1.95. The average molecular weight is 691 g/mol. The van der Waals surface area contributed by atoms with E-state index in [-0.39, 0.29) is 12.1 Å². The van der Waals surface area contributed by atoms with E-state index in [9.17, 15) is 15.5 Å². The number of anilines is 2. The second kappa shape index (κ2) is 12.1. The van der Waals surface area contributed by atoms with Gasteiger partial charge in [-0.25, -0.2) is 14.6 Å². The number of nitrogens with zero attached hydrogens (tertiary/aromatic N) is 8. The molecule has 15 heteroatoms. The maximum absolute atomic E-state index is 11.2. The van der Waals surface area contributed by atoms with Crippen LogP contribution in [0.25, 0.3) is 22.6 Å². The average Bonchev–Trinajstić information content (AvgIpc) is 3.87. The Morgan fingerprint density at radius 1 is 1.16 bits per heavy atom.